The summed E-state index contributed by atoms with van der Waals surface area (Å²) in [5.74, 6) is -1.92. The van der Waals surface area contributed by atoms with E-state index in [1.54, 1.807) is 6.92 Å². The Morgan fingerprint density at radius 1 is 1.32 bits per heavy atom. The standard InChI is InChI=1S/C15H16O4/c1-3-19-14(18)15(10(2)17)12(9-16)13(15)11-7-5-4-6-8-11/h4-9,12-13H,3H2,1-2H3/t12-,13-,15-/m1/s1. The molecular weight excluding hydrogens is 244 g/mol. The van der Waals surface area contributed by atoms with Crippen molar-refractivity contribution >= 4 is 18.0 Å². The summed E-state index contributed by atoms with van der Waals surface area (Å²) in [6.45, 7) is 3.22. The Balaban J connectivity index is 2.42. The molecule has 1 aliphatic rings. The number of hydrogen-bond donors (Lipinski definition) is 0. The fraction of sp³-hybridized carbons (Fsp3) is 0.400. The van der Waals surface area contributed by atoms with Gasteiger partial charge in [-0.3, -0.25) is 9.59 Å². The van der Waals surface area contributed by atoms with Gasteiger partial charge in [0.1, 0.15) is 17.5 Å². The van der Waals surface area contributed by atoms with Crippen molar-refractivity contribution in [2.45, 2.75) is 19.8 Å². The lowest BCUT2D eigenvalue weighted by Gasteiger charge is -2.12. The van der Waals surface area contributed by atoms with E-state index < -0.39 is 23.2 Å². The maximum atomic E-state index is 12.1. The average molecular weight is 260 g/mol. The fourth-order valence-electron chi connectivity index (χ4n) is 2.84. The molecule has 1 aromatic rings. The molecule has 3 atom stereocenters. The molecule has 1 aromatic carbocycles. The van der Waals surface area contributed by atoms with Crippen molar-refractivity contribution in [1.29, 1.82) is 0 Å². The lowest BCUT2D eigenvalue weighted by Crippen LogP contribution is -2.29. The molecule has 0 saturated heterocycles. The maximum Gasteiger partial charge on any atom is 0.321 e. The van der Waals surface area contributed by atoms with E-state index in [1.165, 1.54) is 6.92 Å². The summed E-state index contributed by atoms with van der Waals surface area (Å²) in [4.78, 5) is 35.3. The third-order valence-corrected chi connectivity index (χ3v) is 3.77. The van der Waals surface area contributed by atoms with Gasteiger partial charge in [0.25, 0.3) is 0 Å². The lowest BCUT2D eigenvalue weighted by atomic mass is 9.94. The fourth-order valence-corrected chi connectivity index (χ4v) is 2.84. The number of carbonyl (C=O) groups is 3. The average Bonchev–Trinajstić information content (AvgIpc) is 3.10. The first kappa shape index (κ1) is 13.5. The van der Waals surface area contributed by atoms with E-state index in [2.05, 4.69) is 0 Å². The van der Waals surface area contributed by atoms with Crippen LogP contribution in [0.4, 0.5) is 0 Å². The van der Waals surface area contributed by atoms with Crippen LogP contribution in [0.1, 0.15) is 25.3 Å². The highest BCUT2D eigenvalue weighted by Gasteiger charge is 2.74. The third kappa shape index (κ3) is 1.87. The zero-order valence-corrected chi connectivity index (χ0v) is 11.0. The van der Waals surface area contributed by atoms with Crippen LogP contribution in [0, 0.1) is 11.3 Å². The number of esters is 1. The molecule has 0 aromatic heterocycles. The summed E-state index contributed by atoms with van der Waals surface area (Å²) in [5, 5.41) is 0. The molecule has 19 heavy (non-hydrogen) atoms. The third-order valence-electron chi connectivity index (χ3n) is 3.77. The van der Waals surface area contributed by atoms with Crippen molar-refractivity contribution in [3.05, 3.63) is 35.9 Å². The van der Waals surface area contributed by atoms with Gasteiger partial charge in [-0.05, 0) is 19.4 Å². The van der Waals surface area contributed by atoms with Crippen LogP contribution in [0.15, 0.2) is 30.3 Å². The van der Waals surface area contributed by atoms with E-state index in [1.807, 2.05) is 30.3 Å². The Hall–Kier alpha value is -1.97. The molecule has 0 radical (unpaired) electrons. The highest BCUT2D eigenvalue weighted by molar-refractivity contribution is 6.11. The molecule has 1 aliphatic carbocycles. The minimum absolute atomic E-state index is 0.195. The van der Waals surface area contributed by atoms with Crippen LogP contribution in [0.3, 0.4) is 0 Å². The summed E-state index contributed by atoms with van der Waals surface area (Å²) < 4.78 is 5.00. The van der Waals surface area contributed by atoms with Crippen molar-refractivity contribution in [1.82, 2.24) is 0 Å². The summed E-state index contributed by atoms with van der Waals surface area (Å²) in [6, 6.07) is 9.15. The van der Waals surface area contributed by atoms with Gasteiger partial charge >= 0.3 is 5.97 Å². The topological polar surface area (TPSA) is 60.4 Å². The number of hydrogen-bond acceptors (Lipinski definition) is 4. The Morgan fingerprint density at radius 2 is 1.95 bits per heavy atom. The van der Waals surface area contributed by atoms with E-state index in [-0.39, 0.29) is 12.4 Å². The van der Waals surface area contributed by atoms with Gasteiger partial charge in [0.2, 0.25) is 0 Å². The van der Waals surface area contributed by atoms with Gasteiger partial charge in [0, 0.05) is 11.8 Å². The summed E-state index contributed by atoms with van der Waals surface area (Å²) in [5.41, 5.74) is -0.498. The van der Waals surface area contributed by atoms with Crippen molar-refractivity contribution in [2.24, 2.45) is 11.3 Å². The smallest absolute Gasteiger partial charge is 0.321 e. The molecule has 0 unspecified atom stereocenters. The number of Topliss-reactive ketones (excluding diaryl/α,β-unsaturated/α-hetero) is 1. The van der Waals surface area contributed by atoms with Crippen LogP contribution in [0.25, 0.3) is 0 Å². The molecule has 4 nitrogen and oxygen atoms in total. The molecular formula is C15H16O4. The van der Waals surface area contributed by atoms with Gasteiger partial charge in [0.15, 0.2) is 0 Å². The Bertz CT molecular complexity index is 508. The first-order valence-corrected chi connectivity index (χ1v) is 6.29. The number of carbonyl (C=O) groups excluding carboxylic acids is 3. The van der Waals surface area contributed by atoms with Crippen molar-refractivity contribution < 1.29 is 19.1 Å². The molecule has 2 rings (SSSR count). The molecule has 0 bridgehead atoms. The van der Waals surface area contributed by atoms with Crippen LogP contribution in [-0.4, -0.2) is 24.6 Å². The van der Waals surface area contributed by atoms with Gasteiger partial charge in [-0.2, -0.15) is 0 Å². The Morgan fingerprint density at radius 3 is 2.42 bits per heavy atom. The minimum Gasteiger partial charge on any atom is -0.465 e. The summed E-state index contributed by atoms with van der Waals surface area (Å²) in [7, 11) is 0. The Kier molecular flexibility index (Phi) is 3.51. The second kappa shape index (κ2) is 4.96. The van der Waals surface area contributed by atoms with E-state index in [9.17, 15) is 14.4 Å². The predicted octanol–water partition coefficient (Wildman–Crippen LogP) is 1.74. The number of rotatable bonds is 5. The van der Waals surface area contributed by atoms with Crippen LogP contribution in [-0.2, 0) is 19.1 Å². The first-order valence-electron chi connectivity index (χ1n) is 6.29. The van der Waals surface area contributed by atoms with E-state index in [4.69, 9.17) is 4.74 Å². The highest BCUT2D eigenvalue weighted by Crippen LogP contribution is 2.65. The molecule has 100 valence electrons. The number of benzene rings is 1. The zero-order valence-electron chi connectivity index (χ0n) is 11.0. The van der Waals surface area contributed by atoms with Gasteiger partial charge < -0.3 is 9.53 Å². The second-order valence-electron chi connectivity index (χ2n) is 4.70. The van der Waals surface area contributed by atoms with E-state index in [0.29, 0.717) is 6.29 Å². The molecule has 0 amide bonds. The van der Waals surface area contributed by atoms with Gasteiger partial charge in [-0.1, -0.05) is 30.3 Å². The number of ether oxygens (including phenoxy) is 1. The van der Waals surface area contributed by atoms with Crippen molar-refractivity contribution in [3.8, 4) is 0 Å². The SMILES string of the molecule is CCOC(=O)[C@]1(C(C)=O)[C@H](C=O)[C@H]1c1ccccc1. The van der Waals surface area contributed by atoms with Gasteiger partial charge in [-0.15, -0.1) is 0 Å². The minimum atomic E-state index is -1.32. The van der Waals surface area contributed by atoms with Crippen LogP contribution < -0.4 is 0 Å². The molecule has 4 heteroatoms. The van der Waals surface area contributed by atoms with Crippen molar-refractivity contribution in [2.75, 3.05) is 6.61 Å². The second-order valence-corrected chi connectivity index (χ2v) is 4.70. The van der Waals surface area contributed by atoms with Crippen molar-refractivity contribution in [3.63, 3.8) is 0 Å². The van der Waals surface area contributed by atoms with E-state index in [0.717, 1.165) is 5.56 Å². The molecule has 1 saturated carbocycles. The molecule has 0 heterocycles. The van der Waals surface area contributed by atoms with E-state index >= 15 is 0 Å². The molecule has 0 spiro atoms. The first-order chi connectivity index (χ1) is 9.10. The normalized spacial score (nSPS) is 28.5. The largest absolute Gasteiger partial charge is 0.465 e. The molecule has 0 N–H and O–H groups in total. The van der Waals surface area contributed by atoms with Crippen LogP contribution in [0.2, 0.25) is 0 Å². The zero-order chi connectivity index (χ0) is 14.0. The Labute approximate surface area is 111 Å². The predicted molar refractivity (Wildman–Crippen MR) is 68.5 cm³/mol. The molecule has 0 aliphatic heterocycles. The number of aldehydes is 1. The van der Waals surface area contributed by atoms with Crippen LogP contribution >= 0.6 is 0 Å². The lowest BCUT2D eigenvalue weighted by molar-refractivity contribution is -0.154. The summed E-state index contributed by atoms with van der Waals surface area (Å²) >= 11 is 0. The maximum absolute atomic E-state index is 12.1. The number of ketones is 1. The highest BCUT2D eigenvalue weighted by atomic mass is 16.5. The summed E-state index contributed by atoms with van der Waals surface area (Å²) in [6.07, 6.45) is 0.690. The monoisotopic (exact) mass is 260 g/mol. The van der Waals surface area contributed by atoms with Gasteiger partial charge in [-0.25, -0.2) is 0 Å². The van der Waals surface area contributed by atoms with Crippen LogP contribution in [0.5, 0.6) is 0 Å². The van der Waals surface area contributed by atoms with Gasteiger partial charge in [0.05, 0.1) is 6.61 Å². The quantitative estimate of drug-likeness (QED) is 0.459. The molecule has 1 fully saturated rings.